The lowest BCUT2D eigenvalue weighted by molar-refractivity contribution is 0.0960. The van der Waals surface area contributed by atoms with Crippen LogP contribution >= 0.6 is 0 Å². The Balaban J connectivity index is 1.90. The molecular formula is C17H14N2O2. The Morgan fingerprint density at radius 2 is 1.95 bits per heavy atom. The van der Waals surface area contributed by atoms with Gasteiger partial charge in [0.25, 0.3) is 5.91 Å². The van der Waals surface area contributed by atoms with Crippen molar-refractivity contribution in [3.63, 3.8) is 0 Å². The number of ether oxygens (including phenoxy) is 1. The second-order valence-corrected chi connectivity index (χ2v) is 5.15. The molecule has 0 bridgehead atoms. The molecule has 4 nitrogen and oxygen atoms in total. The highest BCUT2D eigenvalue weighted by molar-refractivity contribution is 6.00. The van der Waals surface area contributed by atoms with Crippen molar-refractivity contribution in [3.05, 3.63) is 65.4 Å². The number of hydrogen-bond acceptors (Lipinski definition) is 2. The van der Waals surface area contributed by atoms with E-state index >= 15 is 0 Å². The van der Waals surface area contributed by atoms with Crippen molar-refractivity contribution < 1.29 is 9.53 Å². The molecule has 1 aliphatic rings. The Kier molecular flexibility index (Phi) is 2.51. The van der Waals surface area contributed by atoms with Gasteiger partial charge in [-0.2, -0.15) is 0 Å². The van der Waals surface area contributed by atoms with Gasteiger partial charge in [-0.3, -0.25) is 4.79 Å². The fourth-order valence-electron chi connectivity index (χ4n) is 2.97. The summed E-state index contributed by atoms with van der Waals surface area (Å²) in [5.41, 5.74) is 3.86. The van der Waals surface area contributed by atoms with Gasteiger partial charge in [-0.15, -0.1) is 0 Å². The number of rotatable bonds is 2. The number of aromatic nitrogens is 1. The second-order valence-electron chi connectivity index (χ2n) is 5.15. The molecule has 2 heterocycles. The van der Waals surface area contributed by atoms with Gasteiger partial charge in [-0.25, -0.2) is 0 Å². The highest BCUT2D eigenvalue weighted by Gasteiger charge is 2.30. The fourth-order valence-corrected chi connectivity index (χ4v) is 2.97. The maximum atomic E-state index is 12.1. The predicted octanol–water partition coefficient (Wildman–Crippen LogP) is 3.01. The first-order valence-corrected chi connectivity index (χ1v) is 6.83. The molecule has 2 aromatic carbocycles. The van der Waals surface area contributed by atoms with Crippen molar-refractivity contribution in [3.8, 4) is 5.75 Å². The van der Waals surface area contributed by atoms with Gasteiger partial charge in [0.15, 0.2) is 0 Å². The molecule has 2 N–H and O–H groups in total. The van der Waals surface area contributed by atoms with E-state index in [-0.39, 0.29) is 11.9 Å². The Morgan fingerprint density at radius 1 is 1.10 bits per heavy atom. The lowest BCUT2D eigenvalue weighted by Gasteiger charge is -2.11. The topological polar surface area (TPSA) is 54.1 Å². The zero-order valence-corrected chi connectivity index (χ0v) is 11.5. The third-order valence-electron chi connectivity index (χ3n) is 4.02. The lowest BCUT2D eigenvalue weighted by atomic mass is 9.98. The minimum Gasteiger partial charge on any atom is -0.497 e. The molecule has 3 aromatic rings. The van der Waals surface area contributed by atoms with E-state index < -0.39 is 0 Å². The molecule has 21 heavy (non-hydrogen) atoms. The first-order chi connectivity index (χ1) is 10.3. The highest BCUT2D eigenvalue weighted by Crippen LogP contribution is 2.35. The van der Waals surface area contributed by atoms with Crippen LogP contribution in [0.3, 0.4) is 0 Å². The summed E-state index contributed by atoms with van der Waals surface area (Å²) in [5, 5.41) is 4.12. The van der Waals surface area contributed by atoms with Crippen LogP contribution < -0.4 is 10.1 Å². The maximum Gasteiger partial charge on any atom is 0.252 e. The van der Waals surface area contributed by atoms with Gasteiger partial charge in [0, 0.05) is 28.2 Å². The Labute approximate surface area is 121 Å². The molecule has 4 heteroatoms. The van der Waals surface area contributed by atoms with Crippen molar-refractivity contribution in [2.45, 2.75) is 6.04 Å². The van der Waals surface area contributed by atoms with Gasteiger partial charge in [0.1, 0.15) is 5.75 Å². The van der Waals surface area contributed by atoms with Gasteiger partial charge < -0.3 is 15.0 Å². The van der Waals surface area contributed by atoms with Crippen molar-refractivity contribution in [1.82, 2.24) is 10.3 Å². The third kappa shape index (κ3) is 1.72. The van der Waals surface area contributed by atoms with E-state index in [9.17, 15) is 4.79 Å². The van der Waals surface area contributed by atoms with Gasteiger partial charge in [0.05, 0.1) is 13.2 Å². The maximum absolute atomic E-state index is 12.1. The summed E-state index contributed by atoms with van der Waals surface area (Å²) in [6.07, 6.45) is 1.96. The molecule has 104 valence electrons. The second kappa shape index (κ2) is 4.38. The number of carbonyl (C=O) groups excluding carboxylic acids is 1. The molecule has 1 aromatic heterocycles. The molecule has 0 aliphatic carbocycles. The smallest absolute Gasteiger partial charge is 0.252 e. The minimum atomic E-state index is -0.116. The van der Waals surface area contributed by atoms with Gasteiger partial charge in [-0.1, -0.05) is 18.2 Å². The summed E-state index contributed by atoms with van der Waals surface area (Å²) in [6.45, 7) is 0. The molecule has 1 aliphatic heterocycles. The standard InChI is InChI=1S/C17H14N2O2/c1-21-10-6-7-15-13(8-10)14(9-18-15)16-11-4-2-3-5-12(11)17(20)19-16/h2-9,16,18H,1H3,(H,19,20). The largest absolute Gasteiger partial charge is 0.497 e. The Hall–Kier alpha value is -2.75. The first kappa shape index (κ1) is 12.0. The molecule has 1 amide bonds. The number of benzene rings is 2. The Bertz CT molecular complexity index is 851. The van der Waals surface area contributed by atoms with Crippen molar-refractivity contribution in [2.24, 2.45) is 0 Å². The van der Waals surface area contributed by atoms with Crippen LogP contribution in [0.2, 0.25) is 0 Å². The van der Waals surface area contributed by atoms with Crippen molar-refractivity contribution in [2.75, 3.05) is 7.11 Å². The summed E-state index contributed by atoms with van der Waals surface area (Å²) in [7, 11) is 1.65. The number of hydrogen-bond donors (Lipinski definition) is 2. The molecule has 1 atom stereocenters. The number of fused-ring (bicyclic) bond motifs is 2. The molecule has 0 radical (unpaired) electrons. The van der Waals surface area contributed by atoms with Crippen LogP contribution in [0.15, 0.2) is 48.7 Å². The van der Waals surface area contributed by atoms with E-state index in [1.54, 1.807) is 7.11 Å². The monoisotopic (exact) mass is 278 g/mol. The molecule has 4 rings (SSSR count). The van der Waals surface area contributed by atoms with E-state index in [0.717, 1.165) is 33.3 Å². The van der Waals surface area contributed by atoms with Crippen LogP contribution in [0.4, 0.5) is 0 Å². The number of H-pyrrole nitrogens is 1. The normalized spacial score (nSPS) is 16.8. The Morgan fingerprint density at radius 3 is 2.81 bits per heavy atom. The van der Waals surface area contributed by atoms with E-state index in [1.165, 1.54) is 0 Å². The summed E-state index contributed by atoms with van der Waals surface area (Å²) >= 11 is 0. The average Bonchev–Trinajstić information content (AvgIpc) is 3.08. The molecule has 0 saturated carbocycles. The van der Waals surface area contributed by atoms with Crippen LogP contribution in [0.5, 0.6) is 5.75 Å². The molecule has 0 saturated heterocycles. The van der Waals surface area contributed by atoms with Crippen LogP contribution in [0.25, 0.3) is 10.9 Å². The molecule has 0 spiro atoms. The number of amides is 1. The predicted molar refractivity (Wildman–Crippen MR) is 80.6 cm³/mol. The van der Waals surface area contributed by atoms with Gasteiger partial charge >= 0.3 is 0 Å². The number of methoxy groups -OCH3 is 1. The van der Waals surface area contributed by atoms with Crippen LogP contribution in [-0.2, 0) is 0 Å². The zero-order valence-electron chi connectivity index (χ0n) is 11.5. The summed E-state index contributed by atoms with van der Waals surface area (Å²) in [6, 6.07) is 13.5. The van der Waals surface area contributed by atoms with E-state index in [4.69, 9.17) is 4.74 Å². The van der Waals surface area contributed by atoms with Crippen molar-refractivity contribution in [1.29, 1.82) is 0 Å². The quantitative estimate of drug-likeness (QED) is 0.757. The first-order valence-electron chi connectivity index (χ1n) is 6.83. The van der Waals surface area contributed by atoms with Crippen LogP contribution in [-0.4, -0.2) is 18.0 Å². The summed E-state index contributed by atoms with van der Waals surface area (Å²) < 4.78 is 5.30. The summed E-state index contributed by atoms with van der Waals surface area (Å²) in [4.78, 5) is 15.3. The number of carbonyl (C=O) groups is 1. The van der Waals surface area contributed by atoms with Gasteiger partial charge in [0.2, 0.25) is 0 Å². The number of aromatic amines is 1. The molecular weight excluding hydrogens is 264 g/mol. The lowest BCUT2D eigenvalue weighted by Crippen LogP contribution is -2.19. The molecule has 1 unspecified atom stereocenters. The van der Waals surface area contributed by atoms with Gasteiger partial charge in [-0.05, 0) is 29.8 Å². The van der Waals surface area contributed by atoms with E-state index in [1.807, 2.05) is 48.7 Å². The third-order valence-corrected chi connectivity index (χ3v) is 4.02. The fraction of sp³-hybridized carbons (Fsp3) is 0.118. The van der Waals surface area contributed by atoms with Crippen LogP contribution in [0, 0.1) is 0 Å². The number of nitrogens with one attached hydrogen (secondary N) is 2. The van der Waals surface area contributed by atoms with E-state index in [2.05, 4.69) is 10.3 Å². The van der Waals surface area contributed by atoms with Crippen LogP contribution in [0.1, 0.15) is 27.5 Å². The summed E-state index contributed by atoms with van der Waals surface area (Å²) in [5.74, 6) is 0.786. The van der Waals surface area contributed by atoms with Crippen molar-refractivity contribution >= 4 is 16.8 Å². The SMILES string of the molecule is COc1ccc2[nH]cc(C3NC(=O)c4ccccc43)c2c1. The molecule has 0 fully saturated rings. The van der Waals surface area contributed by atoms with E-state index in [0.29, 0.717) is 0 Å². The average molecular weight is 278 g/mol. The zero-order chi connectivity index (χ0) is 14.4. The minimum absolute atomic E-state index is 0.0205. The highest BCUT2D eigenvalue weighted by atomic mass is 16.5.